The van der Waals surface area contributed by atoms with E-state index in [2.05, 4.69) is 26.2 Å². The number of hydrogen-bond donors (Lipinski definition) is 0. The molecule has 0 amide bonds. The Labute approximate surface area is 90.1 Å². The third kappa shape index (κ3) is 8.10. The lowest BCUT2D eigenvalue weighted by molar-refractivity contribution is 0.486. The maximum absolute atomic E-state index is 3.91. The zero-order valence-corrected chi connectivity index (χ0v) is 9.80. The highest BCUT2D eigenvalue weighted by atomic mass is 14.1. The minimum absolute atomic E-state index is 0.763. The van der Waals surface area contributed by atoms with Gasteiger partial charge in [-0.1, -0.05) is 44.8 Å². The molecule has 0 aromatic heterocycles. The third-order valence-electron chi connectivity index (χ3n) is 2.74. The van der Waals surface area contributed by atoms with Crippen molar-refractivity contribution < 1.29 is 0 Å². The average Bonchev–Trinajstić information content (AvgIpc) is 2.22. The summed E-state index contributed by atoms with van der Waals surface area (Å²) in [5, 5.41) is 0. The van der Waals surface area contributed by atoms with Crippen LogP contribution >= 0.6 is 0 Å². The van der Waals surface area contributed by atoms with Gasteiger partial charge in [-0.05, 0) is 31.6 Å². The van der Waals surface area contributed by atoms with Crippen LogP contribution < -0.4 is 0 Å². The molecule has 0 aliphatic carbocycles. The summed E-state index contributed by atoms with van der Waals surface area (Å²) >= 11 is 0. The molecule has 0 saturated carbocycles. The van der Waals surface area contributed by atoms with Crippen molar-refractivity contribution >= 4 is 0 Å². The standard InChI is InChI=1S/C14H26/c1-4-7-9-10-11-13-14(6-3)12-8-5-2/h4,6,14H,1,3,5,7-13H2,2H3. The Kier molecular flexibility index (Phi) is 10.2. The quantitative estimate of drug-likeness (QED) is 0.334. The Hall–Kier alpha value is -0.520. The van der Waals surface area contributed by atoms with Crippen LogP contribution in [0.2, 0.25) is 0 Å². The molecule has 0 rings (SSSR count). The fourth-order valence-corrected chi connectivity index (χ4v) is 1.72. The highest BCUT2D eigenvalue weighted by Gasteiger charge is 2.02. The normalized spacial score (nSPS) is 12.4. The summed E-state index contributed by atoms with van der Waals surface area (Å²) in [6, 6.07) is 0. The Bertz CT molecular complexity index is 135. The van der Waals surface area contributed by atoms with Crippen LogP contribution in [0.25, 0.3) is 0 Å². The molecule has 0 bridgehead atoms. The summed E-state index contributed by atoms with van der Waals surface area (Å²) in [4.78, 5) is 0. The van der Waals surface area contributed by atoms with Crippen molar-refractivity contribution in [2.45, 2.75) is 58.3 Å². The summed E-state index contributed by atoms with van der Waals surface area (Å²) in [6.07, 6.45) is 14.7. The number of unbranched alkanes of at least 4 members (excludes halogenated alkanes) is 4. The molecular weight excluding hydrogens is 168 g/mol. The first-order valence-electron chi connectivity index (χ1n) is 6.08. The van der Waals surface area contributed by atoms with Crippen LogP contribution in [0.1, 0.15) is 58.3 Å². The van der Waals surface area contributed by atoms with Crippen LogP contribution in [-0.4, -0.2) is 0 Å². The summed E-state index contributed by atoms with van der Waals surface area (Å²) in [7, 11) is 0. The molecule has 0 radical (unpaired) electrons. The van der Waals surface area contributed by atoms with Gasteiger partial charge >= 0.3 is 0 Å². The van der Waals surface area contributed by atoms with Crippen molar-refractivity contribution in [2.24, 2.45) is 5.92 Å². The molecule has 0 aliphatic rings. The molecule has 0 N–H and O–H groups in total. The monoisotopic (exact) mass is 194 g/mol. The van der Waals surface area contributed by atoms with Crippen molar-refractivity contribution in [1.82, 2.24) is 0 Å². The summed E-state index contributed by atoms with van der Waals surface area (Å²) in [6.45, 7) is 9.90. The van der Waals surface area contributed by atoms with Gasteiger partial charge in [0, 0.05) is 0 Å². The summed E-state index contributed by atoms with van der Waals surface area (Å²) in [5.74, 6) is 0.763. The highest BCUT2D eigenvalue weighted by Crippen LogP contribution is 2.17. The van der Waals surface area contributed by atoms with E-state index < -0.39 is 0 Å². The number of hydrogen-bond acceptors (Lipinski definition) is 0. The van der Waals surface area contributed by atoms with E-state index in [9.17, 15) is 0 Å². The molecule has 0 nitrogen and oxygen atoms in total. The summed E-state index contributed by atoms with van der Waals surface area (Å²) in [5.41, 5.74) is 0. The second kappa shape index (κ2) is 10.6. The Morgan fingerprint density at radius 2 is 1.71 bits per heavy atom. The minimum atomic E-state index is 0.763. The molecule has 82 valence electrons. The van der Waals surface area contributed by atoms with Crippen LogP contribution in [0.4, 0.5) is 0 Å². The van der Waals surface area contributed by atoms with Crippen LogP contribution in [0.15, 0.2) is 25.3 Å². The topological polar surface area (TPSA) is 0 Å². The fraction of sp³-hybridized carbons (Fsp3) is 0.714. The first-order valence-corrected chi connectivity index (χ1v) is 6.08. The lowest BCUT2D eigenvalue weighted by atomic mass is 9.95. The van der Waals surface area contributed by atoms with Gasteiger partial charge in [0.1, 0.15) is 0 Å². The highest BCUT2D eigenvalue weighted by molar-refractivity contribution is 4.78. The maximum Gasteiger partial charge on any atom is -0.0236 e. The van der Waals surface area contributed by atoms with Gasteiger partial charge in [-0.25, -0.2) is 0 Å². The van der Waals surface area contributed by atoms with E-state index in [1.165, 1.54) is 51.4 Å². The molecule has 0 saturated heterocycles. The maximum atomic E-state index is 3.91. The van der Waals surface area contributed by atoms with Gasteiger partial charge in [0.15, 0.2) is 0 Å². The van der Waals surface area contributed by atoms with Crippen LogP contribution in [-0.2, 0) is 0 Å². The van der Waals surface area contributed by atoms with Gasteiger partial charge in [0.2, 0.25) is 0 Å². The molecule has 0 heteroatoms. The smallest absolute Gasteiger partial charge is 0.0236 e. The molecule has 1 unspecified atom stereocenters. The second-order valence-corrected chi connectivity index (χ2v) is 4.06. The van der Waals surface area contributed by atoms with Crippen molar-refractivity contribution in [3.05, 3.63) is 25.3 Å². The second-order valence-electron chi connectivity index (χ2n) is 4.06. The Morgan fingerprint density at radius 1 is 1.00 bits per heavy atom. The van der Waals surface area contributed by atoms with Gasteiger partial charge in [0.05, 0.1) is 0 Å². The van der Waals surface area contributed by atoms with E-state index >= 15 is 0 Å². The predicted molar refractivity (Wildman–Crippen MR) is 66.5 cm³/mol. The van der Waals surface area contributed by atoms with Crippen molar-refractivity contribution in [2.75, 3.05) is 0 Å². The van der Waals surface area contributed by atoms with E-state index in [1.54, 1.807) is 0 Å². The Balaban J connectivity index is 3.32. The van der Waals surface area contributed by atoms with E-state index in [4.69, 9.17) is 0 Å². The molecule has 0 heterocycles. The van der Waals surface area contributed by atoms with Crippen LogP contribution in [0.3, 0.4) is 0 Å². The van der Waals surface area contributed by atoms with E-state index in [-0.39, 0.29) is 0 Å². The zero-order valence-electron chi connectivity index (χ0n) is 9.80. The van der Waals surface area contributed by atoms with Gasteiger partial charge in [-0.3, -0.25) is 0 Å². The Morgan fingerprint density at radius 3 is 2.29 bits per heavy atom. The number of rotatable bonds is 10. The fourth-order valence-electron chi connectivity index (χ4n) is 1.72. The molecule has 0 aromatic rings. The third-order valence-corrected chi connectivity index (χ3v) is 2.74. The molecule has 1 atom stereocenters. The average molecular weight is 194 g/mol. The molecular formula is C14H26. The SMILES string of the molecule is C=CCCCCCC(C=C)CCCC. The van der Waals surface area contributed by atoms with Crippen molar-refractivity contribution in [3.8, 4) is 0 Å². The molecule has 0 spiro atoms. The largest absolute Gasteiger partial charge is 0.103 e. The molecule has 14 heavy (non-hydrogen) atoms. The molecule has 0 fully saturated rings. The van der Waals surface area contributed by atoms with Crippen molar-refractivity contribution in [3.63, 3.8) is 0 Å². The van der Waals surface area contributed by atoms with Crippen LogP contribution in [0, 0.1) is 5.92 Å². The van der Waals surface area contributed by atoms with Gasteiger partial charge in [-0.15, -0.1) is 13.2 Å². The van der Waals surface area contributed by atoms with Gasteiger partial charge in [0.25, 0.3) is 0 Å². The zero-order chi connectivity index (χ0) is 10.6. The minimum Gasteiger partial charge on any atom is -0.103 e. The molecule has 0 aromatic carbocycles. The van der Waals surface area contributed by atoms with E-state index in [0.29, 0.717) is 0 Å². The lowest BCUT2D eigenvalue weighted by Gasteiger charge is -2.10. The first kappa shape index (κ1) is 13.5. The van der Waals surface area contributed by atoms with E-state index in [0.717, 1.165) is 5.92 Å². The lowest BCUT2D eigenvalue weighted by Crippen LogP contribution is -1.96. The van der Waals surface area contributed by atoms with Gasteiger partial charge in [-0.2, -0.15) is 0 Å². The van der Waals surface area contributed by atoms with Crippen LogP contribution in [0.5, 0.6) is 0 Å². The van der Waals surface area contributed by atoms with Crippen molar-refractivity contribution in [1.29, 1.82) is 0 Å². The summed E-state index contributed by atoms with van der Waals surface area (Å²) < 4.78 is 0. The molecule has 0 aliphatic heterocycles. The van der Waals surface area contributed by atoms with E-state index in [1.807, 2.05) is 6.08 Å². The first-order chi connectivity index (χ1) is 6.85. The number of allylic oxidation sites excluding steroid dienone is 2. The predicted octanol–water partition coefficient (Wildman–Crippen LogP) is 5.12. The van der Waals surface area contributed by atoms with Gasteiger partial charge < -0.3 is 0 Å².